The standard InChI is InChI=1S/C19H26N4O2/c1-14-4-6-15(7-5-14)23(13-16-3-2-12-25-16)19(24)17-18-21-9-11-22(18)10-8-20-17/h8-11,14-16H,2-7,12-13H2,1H3. The molecular weight excluding hydrogens is 316 g/mol. The van der Waals surface area contributed by atoms with Crippen LogP contribution in [0.3, 0.4) is 0 Å². The van der Waals surface area contributed by atoms with E-state index in [0.717, 1.165) is 38.2 Å². The highest BCUT2D eigenvalue weighted by molar-refractivity contribution is 5.98. The molecule has 25 heavy (non-hydrogen) atoms. The van der Waals surface area contributed by atoms with E-state index in [2.05, 4.69) is 16.9 Å². The SMILES string of the molecule is CC1CCC(N(CC2CCCO2)C(=O)c2nccn3ccnc23)CC1. The molecule has 2 aliphatic rings. The average Bonchev–Trinajstić information content (AvgIpc) is 3.31. The topological polar surface area (TPSA) is 59.7 Å². The zero-order valence-corrected chi connectivity index (χ0v) is 14.8. The van der Waals surface area contributed by atoms with Gasteiger partial charge in [0.25, 0.3) is 5.91 Å². The highest BCUT2D eigenvalue weighted by atomic mass is 16.5. The van der Waals surface area contributed by atoms with Crippen LogP contribution in [0.2, 0.25) is 0 Å². The van der Waals surface area contributed by atoms with Gasteiger partial charge in [0, 0.05) is 44.0 Å². The molecule has 1 aliphatic carbocycles. The summed E-state index contributed by atoms with van der Waals surface area (Å²) in [4.78, 5) is 24.1. The molecule has 1 amide bonds. The molecule has 0 aromatic carbocycles. The molecule has 6 nitrogen and oxygen atoms in total. The lowest BCUT2D eigenvalue weighted by molar-refractivity contribution is 0.0338. The first kappa shape index (κ1) is 16.5. The molecule has 1 saturated carbocycles. The number of amides is 1. The lowest BCUT2D eigenvalue weighted by atomic mass is 9.86. The minimum Gasteiger partial charge on any atom is -0.376 e. The fourth-order valence-corrected chi connectivity index (χ4v) is 4.10. The summed E-state index contributed by atoms with van der Waals surface area (Å²) in [5.74, 6) is 0.747. The number of aromatic nitrogens is 3. The zero-order chi connectivity index (χ0) is 17.2. The summed E-state index contributed by atoms with van der Waals surface area (Å²) in [6, 6.07) is 0.282. The minimum absolute atomic E-state index is 0.00754. The third kappa shape index (κ3) is 3.40. The highest BCUT2D eigenvalue weighted by Gasteiger charge is 2.32. The second-order valence-corrected chi connectivity index (χ2v) is 7.44. The molecule has 1 unspecified atom stereocenters. The Morgan fingerprint density at radius 3 is 2.68 bits per heavy atom. The number of imidazole rings is 1. The maximum Gasteiger partial charge on any atom is 0.276 e. The van der Waals surface area contributed by atoms with Crippen molar-refractivity contribution in [3.8, 4) is 0 Å². The highest BCUT2D eigenvalue weighted by Crippen LogP contribution is 2.29. The van der Waals surface area contributed by atoms with Gasteiger partial charge in [-0.15, -0.1) is 0 Å². The first-order valence-electron chi connectivity index (χ1n) is 9.42. The van der Waals surface area contributed by atoms with E-state index >= 15 is 0 Å². The molecule has 2 fully saturated rings. The fraction of sp³-hybridized carbons (Fsp3) is 0.632. The summed E-state index contributed by atoms with van der Waals surface area (Å²) >= 11 is 0. The molecule has 0 bridgehead atoms. The van der Waals surface area contributed by atoms with Crippen molar-refractivity contribution in [1.82, 2.24) is 19.3 Å². The molecule has 6 heteroatoms. The Morgan fingerprint density at radius 2 is 1.96 bits per heavy atom. The normalized spacial score (nSPS) is 26.8. The van der Waals surface area contributed by atoms with E-state index in [1.54, 1.807) is 12.4 Å². The Kier molecular flexibility index (Phi) is 4.70. The zero-order valence-electron chi connectivity index (χ0n) is 14.8. The van der Waals surface area contributed by atoms with Crippen LogP contribution in [-0.2, 0) is 4.74 Å². The van der Waals surface area contributed by atoms with Crippen LogP contribution in [0, 0.1) is 5.92 Å². The van der Waals surface area contributed by atoms with Gasteiger partial charge in [-0.1, -0.05) is 6.92 Å². The predicted molar refractivity (Wildman–Crippen MR) is 94.4 cm³/mol. The molecule has 134 valence electrons. The maximum absolute atomic E-state index is 13.4. The van der Waals surface area contributed by atoms with E-state index in [0.29, 0.717) is 17.9 Å². The summed E-state index contributed by atoms with van der Waals surface area (Å²) in [7, 11) is 0. The number of fused-ring (bicyclic) bond motifs is 1. The molecule has 0 radical (unpaired) electrons. The number of hydrogen-bond donors (Lipinski definition) is 0. The average molecular weight is 342 g/mol. The molecule has 3 heterocycles. The lowest BCUT2D eigenvalue weighted by Crippen LogP contribution is -2.46. The summed E-state index contributed by atoms with van der Waals surface area (Å²) in [5, 5.41) is 0. The smallest absolute Gasteiger partial charge is 0.276 e. The van der Waals surface area contributed by atoms with E-state index in [4.69, 9.17) is 4.74 Å². The Hall–Kier alpha value is -1.95. The summed E-state index contributed by atoms with van der Waals surface area (Å²) in [6.07, 6.45) is 13.8. The van der Waals surface area contributed by atoms with Gasteiger partial charge in [-0.3, -0.25) is 4.79 Å². The minimum atomic E-state index is -0.00754. The van der Waals surface area contributed by atoms with Crippen molar-refractivity contribution in [2.75, 3.05) is 13.2 Å². The third-order valence-corrected chi connectivity index (χ3v) is 5.63. The van der Waals surface area contributed by atoms with Crippen LogP contribution in [0.25, 0.3) is 5.65 Å². The van der Waals surface area contributed by atoms with Gasteiger partial charge in [0.2, 0.25) is 0 Å². The fourth-order valence-electron chi connectivity index (χ4n) is 4.10. The monoisotopic (exact) mass is 342 g/mol. The largest absolute Gasteiger partial charge is 0.376 e. The Balaban J connectivity index is 1.61. The van der Waals surface area contributed by atoms with E-state index < -0.39 is 0 Å². The molecule has 0 N–H and O–H groups in total. The van der Waals surface area contributed by atoms with Crippen molar-refractivity contribution >= 4 is 11.6 Å². The van der Waals surface area contributed by atoms with Crippen LogP contribution in [0.1, 0.15) is 55.9 Å². The lowest BCUT2D eigenvalue weighted by Gasteiger charge is -2.37. The van der Waals surface area contributed by atoms with Gasteiger partial charge in [-0.05, 0) is 44.4 Å². The van der Waals surface area contributed by atoms with Crippen molar-refractivity contribution < 1.29 is 9.53 Å². The number of rotatable bonds is 4. The van der Waals surface area contributed by atoms with Gasteiger partial charge in [-0.2, -0.15) is 0 Å². The van der Waals surface area contributed by atoms with E-state index in [1.807, 2.05) is 21.7 Å². The van der Waals surface area contributed by atoms with Crippen molar-refractivity contribution in [3.63, 3.8) is 0 Å². The van der Waals surface area contributed by atoms with Gasteiger partial charge in [0.1, 0.15) is 0 Å². The number of carbonyl (C=O) groups is 1. The first-order chi connectivity index (χ1) is 12.2. The van der Waals surface area contributed by atoms with Crippen LogP contribution in [0.15, 0.2) is 24.8 Å². The summed E-state index contributed by atoms with van der Waals surface area (Å²) < 4.78 is 7.67. The van der Waals surface area contributed by atoms with Crippen LogP contribution in [0.4, 0.5) is 0 Å². The number of nitrogens with zero attached hydrogens (tertiary/aromatic N) is 4. The van der Waals surface area contributed by atoms with Gasteiger partial charge in [-0.25, -0.2) is 9.97 Å². The van der Waals surface area contributed by atoms with Crippen LogP contribution in [-0.4, -0.2) is 50.5 Å². The number of hydrogen-bond acceptors (Lipinski definition) is 4. The van der Waals surface area contributed by atoms with E-state index in [-0.39, 0.29) is 18.1 Å². The molecule has 4 rings (SSSR count). The van der Waals surface area contributed by atoms with Crippen molar-refractivity contribution in [2.24, 2.45) is 5.92 Å². The second-order valence-electron chi connectivity index (χ2n) is 7.44. The Morgan fingerprint density at radius 1 is 1.20 bits per heavy atom. The first-order valence-corrected chi connectivity index (χ1v) is 9.42. The van der Waals surface area contributed by atoms with Crippen molar-refractivity contribution in [2.45, 2.75) is 57.6 Å². The molecule has 2 aromatic rings. The van der Waals surface area contributed by atoms with Gasteiger partial charge < -0.3 is 14.0 Å². The second kappa shape index (κ2) is 7.12. The summed E-state index contributed by atoms with van der Waals surface area (Å²) in [5.41, 5.74) is 1.08. The molecule has 2 aromatic heterocycles. The van der Waals surface area contributed by atoms with Crippen molar-refractivity contribution in [3.05, 3.63) is 30.5 Å². The summed E-state index contributed by atoms with van der Waals surface area (Å²) in [6.45, 7) is 3.78. The third-order valence-electron chi connectivity index (χ3n) is 5.63. The Bertz CT molecular complexity index is 730. The van der Waals surface area contributed by atoms with Crippen molar-refractivity contribution in [1.29, 1.82) is 0 Å². The molecule has 1 atom stereocenters. The molecular formula is C19H26N4O2. The number of ether oxygens (including phenoxy) is 1. The predicted octanol–water partition coefficient (Wildman–Crippen LogP) is 2.93. The van der Waals surface area contributed by atoms with Crippen LogP contribution in [0.5, 0.6) is 0 Å². The van der Waals surface area contributed by atoms with E-state index in [1.165, 1.54) is 12.8 Å². The van der Waals surface area contributed by atoms with Gasteiger partial charge in [0.05, 0.1) is 6.10 Å². The molecule has 0 spiro atoms. The molecule has 1 aliphatic heterocycles. The van der Waals surface area contributed by atoms with Gasteiger partial charge >= 0.3 is 0 Å². The van der Waals surface area contributed by atoms with Crippen LogP contribution < -0.4 is 0 Å². The Labute approximate surface area is 148 Å². The maximum atomic E-state index is 13.4. The quantitative estimate of drug-likeness (QED) is 0.857. The van der Waals surface area contributed by atoms with E-state index in [9.17, 15) is 4.79 Å². The number of carbonyl (C=O) groups excluding carboxylic acids is 1. The molecule has 1 saturated heterocycles. The van der Waals surface area contributed by atoms with Crippen LogP contribution >= 0.6 is 0 Å². The van der Waals surface area contributed by atoms with Gasteiger partial charge in [0.15, 0.2) is 11.3 Å².